The van der Waals surface area contributed by atoms with Gasteiger partial charge in [0.25, 0.3) is 0 Å². The van der Waals surface area contributed by atoms with Crippen molar-refractivity contribution in [2.24, 2.45) is 0 Å². The van der Waals surface area contributed by atoms with E-state index >= 15 is 0 Å². The quantitative estimate of drug-likeness (QED) is 0.349. The van der Waals surface area contributed by atoms with Gasteiger partial charge in [-0.1, -0.05) is 0 Å². The molecule has 7 heteroatoms. The molecule has 0 saturated heterocycles. The summed E-state index contributed by atoms with van der Waals surface area (Å²) in [5.41, 5.74) is 0. The van der Waals surface area contributed by atoms with Crippen molar-refractivity contribution in [2.75, 3.05) is 0 Å². The Morgan fingerprint density at radius 2 is 1.29 bits per heavy atom. The van der Waals surface area contributed by atoms with Gasteiger partial charge in [0.05, 0.1) is 5.09 Å². The van der Waals surface area contributed by atoms with Gasteiger partial charge in [0, 0.05) is 0 Å². The van der Waals surface area contributed by atoms with E-state index in [1.165, 1.54) is 0 Å². The van der Waals surface area contributed by atoms with Gasteiger partial charge >= 0.3 is 26.2 Å². The predicted octanol–water partition coefficient (Wildman–Crippen LogP) is -1.19. The van der Waals surface area contributed by atoms with Crippen LogP contribution in [-0.2, 0) is 31.7 Å². The van der Waals surface area contributed by atoms with Gasteiger partial charge in [0.15, 0.2) is 0 Å². The number of nitrogens with zero attached hydrogens (tertiary/aromatic N) is 1. The fourth-order valence-corrected chi connectivity index (χ4v) is 0. The van der Waals surface area contributed by atoms with Crippen molar-refractivity contribution in [3.63, 3.8) is 0 Å². The van der Waals surface area contributed by atoms with Crippen LogP contribution in [0.5, 0.6) is 0 Å². The Bertz CT molecular complexity index is 31.1. The van der Waals surface area contributed by atoms with Gasteiger partial charge in [-0.15, -0.1) is 0 Å². The first-order chi connectivity index (χ1) is 1.73. The summed E-state index contributed by atoms with van der Waals surface area (Å²) < 4.78 is 0. The van der Waals surface area contributed by atoms with E-state index in [1.807, 2.05) is 0 Å². The van der Waals surface area contributed by atoms with Crippen molar-refractivity contribution in [2.45, 2.75) is 0 Å². The topological polar surface area (TPSA) is 126 Å². The van der Waals surface area contributed by atoms with Crippen molar-refractivity contribution >= 4 is 0 Å². The molecule has 0 fully saturated rings. The average molecular weight is 187 g/mol. The second-order valence-electron chi connectivity index (χ2n) is 0.224. The molecule has 0 saturated carbocycles. The van der Waals surface area contributed by atoms with Gasteiger partial charge < -0.3 is 26.3 Å². The molecular weight excluding hydrogens is 185 g/mol. The summed E-state index contributed by atoms with van der Waals surface area (Å²) >= 11 is 0. The molecule has 0 unspecified atom stereocenters. The smallest absolute Gasteiger partial charge is 2.00 e. The molecule has 0 heterocycles. The number of rotatable bonds is 0. The summed E-state index contributed by atoms with van der Waals surface area (Å²) in [5.74, 6) is 0. The first-order valence-electron chi connectivity index (χ1n) is 0.548. The van der Waals surface area contributed by atoms with Crippen LogP contribution in [0, 0.1) is 15.3 Å². The van der Waals surface area contributed by atoms with E-state index in [-0.39, 0.29) is 37.2 Å². The molecule has 6 nitrogen and oxygen atoms in total. The van der Waals surface area contributed by atoms with Gasteiger partial charge in [0.2, 0.25) is 0 Å². The monoisotopic (exact) mass is 186 g/mol. The van der Waals surface area contributed by atoms with Crippen LogP contribution in [0.25, 0.3) is 0 Å². The molecular formula is H2NO5Zr. The van der Waals surface area contributed by atoms with Crippen LogP contribution in [-0.4, -0.2) is 10.6 Å². The normalized spacial score (nSPS) is 3.43. The second-order valence-corrected chi connectivity index (χ2v) is 0.224. The average Bonchev–Trinajstić information content (AvgIpc) is 0.811. The SMILES string of the molecule is O.O=[N+]([O-])[O-].[O-2].[Zr+3]. The summed E-state index contributed by atoms with van der Waals surface area (Å²) in [4.78, 5) is 8.25. The molecule has 0 aliphatic carbocycles. The van der Waals surface area contributed by atoms with E-state index in [2.05, 4.69) is 0 Å². The zero-order chi connectivity index (χ0) is 3.58. The standard InChI is InChI=1S/NO3.H2O.O.Zr/c2-1(3)4;;;/h;1H2;;/q-1;;-2;+3. The number of hydrogen-bond acceptors (Lipinski definition) is 3. The zero-order valence-corrected chi connectivity index (χ0v) is 5.54. The molecule has 0 atom stereocenters. The van der Waals surface area contributed by atoms with Crippen molar-refractivity contribution < 1.29 is 42.2 Å². The van der Waals surface area contributed by atoms with Crippen molar-refractivity contribution in [1.29, 1.82) is 0 Å². The van der Waals surface area contributed by atoms with Crippen LogP contribution in [0.1, 0.15) is 0 Å². The van der Waals surface area contributed by atoms with Gasteiger partial charge in [-0.3, -0.25) is 0 Å². The molecule has 0 aliphatic rings. The van der Waals surface area contributed by atoms with Crippen LogP contribution < -0.4 is 0 Å². The maximum absolute atomic E-state index is 8.25. The summed E-state index contributed by atoms with van der Waals surface area (Å²) in [6.07, 6.45) is 0. The third-order valence-corrected chi connectivity index (χ3v) is 0. The molecule has 2 N–H and O–H groups in total. The van der Waals surface area contributed by atoms with E-state index in [1.54, 1.807) is 0 Å². The Morgan fingerprint density at radius 3 is 1.29 bits per heavy atom. The second kappa shape index (κ2) is 16.7. The van der Waals surface area contributed by atoms with Crippen molar-refractivity contribution in [1.82, 2.24) is 0 Å². The summed E-state index contributed by atoms with van der Waals surface area (Å²) in [7, 11) is 0. The van der Waals surface area contributed by atoms with Gasteiger partial charge in [0.1, 0.15) is 0 Å². The Labute approximate surface area is 58.0 Å². The van der Waals surface area contributed by atoms with Crippen LogP contribution in [0.15, 0.2) is 0 Å². The maximum atomic E-state index is 8.25. The van der Waals surface area contributed by atoms with Crippen molar-refractivity contribution in [3.8, 4) is 0 Å². The first-order valence-corrected chi connectivity index (χ1v) is 0.548. The summed E-state index contributed by atoms with van der Waals surface area (Å²) in [6.45, 7) is 0. The molecule has 0 rings (SSSR count). The van der Waals surface area contributed by atoms with E-state index in [0.29, 0.717) is 0 Å². The molecule has 0 spiro atoms. The van der Waals surface area contributed by atoms with Gasteiger partial charge in [-0.2, -0.15) is 0 Å². The van der Waals surface area contributed by atoms with Crippen LogP contribution in [0.3, 0.4) is 0 Å². The molecule has 7 heavy (non-hydrogen) atoms. The maximum Gasteiger partial charge on any atom is 3.00 e. The Kier molecular flexibility index (Phi) is 66.6. The zero-order valence-electron chi connectivity index (χ0n) is 3.08. The molecule has 0 aromatic carbocycles. The molecule has 0 aliphatic heterocycles. The Hall–Kier alpha value is 0.00312. The molecule has 0 aromatic heterocycles. The third-order valence-electron chi connectivity index (χ3n) is 0. The van der Waals surface area contributed by atoms with Crippen LogP contribution >= 0.6 is 0 Å². The van der Waals surface area contributed by atoms with Crippen LogP contribution in [0.4, 0.5) is 0 Å². The minimum absolute atomic E-state index is 0. The van der Waals surface area contributed by atoms with Crippen molar-refractivity contribution in [3.05, 3.63) is 15.3 Å². The van der Waals surface area contributed by atoms with E-state index in [9.17, 15) is 0 Å². The predicted molar refractivity (Wildman–Crippen MR) is 14.7 cm³/mol. The molecule has 1 radical (unpaired) electrons. The van der Waals surface area contributed by atoms with Gasteiger partial charge in [-0.05, 0) is 0 Å². The van der Waals surface area contributed by atoms with E-state index in [0.717, 1.165) is 0 Å². The fourth-order valence-electron chi connectivity index (χ4n) is 0. The Morgan fingerprint density at radius 1 is 1.29 bits per heavy atom. The largest absolute Gasteiger partial charge is 3.00 e. The third kappa shape index (κ3) is 9900000. The van der Waals surface area contributed by atoms with E-state index in [4.69, 9.17) is 15.3 Å². The first kappa shape index (κ1) is 28.0. The Balaban J connectivity index is -0.0000000150. The molecule has 0 amide bonds. The van der Waals surface area contributed by atoms with Crippen LogP contribution in [0.2, 0.25) is 0 Å². The number of hydrogen-bond donors (Lipinski definition) is 0. The van der Waals surface area contributed by atoms with E-state index < -0.39 is 5.09 Å². The minimum Gasteiger partial charge on any atom is -2.00 e. The molecule has 0 aromatic rings. The summed E-state index contributed by atoms with van der Waals surface area (Å²) in [6, 6.07) is 0. The minimum atomic E-state index is -1.75. The molecule has 0 bridgehead atoms. The fraction of sp³-hybridized carbons (Fsp3) is 0. The summed E-state index contributed by atoms with van der Waals surface area (Å²) in [5, 5.41) is 14.8. The van der Waals surface area contributed by atoms with Gasteiger partial charge in [-0.25, -0.2) is 0 Å². The molecule has 41 valence electrons.